The molecule has 0 aliphatic carbocycles. The van der Waals surface area contributed by atoms with Gasteiger partial charge in [-0.3, -0.25) is 9.10 Å². The quantitative estimate of drug-likeness (QED) is 0.736. The summed E-state index contributed by atoms with van der Waals surface area (Å²) >= 11 is 2.92. The van der Waals surface area contributed by atoms with Gasteiger partial charge in [0.1, 0.15) is 11.4 Å². The molecule has 1 fully saturated rings. The number of carbonyl (C=O) groups excluding carboxylic acids is 1. The van der Waals surface area contributed by atoms with Crippen LogP contribution >= 0.6 is 15.9 Å². The molecule has 2 aromatic rings. The van der Waals surface area contributed by atoms with Crippen molar-refractivity contribution < 1.29 is 22.0 Å². The molecule has 26 heavy (non-hydrogen) atoms. The van der Waals surface area contributed by atoms with Gasteiger partial charge in [0.05, 0.1) is 15.9 Å². The lowest BCUT2D eigenvalue weighted by molar-refractivity contribution is 0.0942. The molecule has 1 aliphatic rings. The number of sulfonamides is 1. The van der Waals surface area contributed by atoms with Crippen LogP contribution in [-0.4, -0.2) is 26.6 Å². The summed E-state index contributed by atoms with van der Waals surface area (Å²) in [5.74, 6) is -2.71. The average molecular weight is 445 g/mol. The molecule has 0 bridgehead atoms. The van der Waals surface area contributed by atoms with Gasteiger partial charge in [-0.25, -0.2) is 17.2 Å². The molecule has 1 aliphatic heterocycles. The third kappa shape index (κ3) is 3.73. The third-order valence-electron chi connectivity index (χ3n) is 4.02. The Kier molecular flexibility index (Phi) is 5.29. The third-order valence-corrected chi connectivity index (χ3v) is 6.50. The number of hydrogen-bond donors (Lipinski definition) is 1. The first kappa shape index (κ1) is 18.8. The Morgan fingerprint density at radius 1 is 1.23 bits per heavy atom. The number of nitrogens with zero attached hydrogens (tertiary/aromatic N) is 1. The fourth-order valence-corrected chi connectivity index (χ4v) is 4.64. The SMILES string of the molecule is O=C(NCc1cccc(N2CCCS2(=O)=O)c1)c1c(F)ccc(Br)c1F. The highest BCUT2D eigenvalue weighted by molar-refractivity contribution is 9.10. The highest BCUT2D eigenvalue weighted by atomic mass is 79.9. The second-order valence-electron chi connectivity index (χ2n) is 5.81. The van der Waals surface area contributed by atoms with Crippen molar-refractivity contribution in [1.29, 1.82) is 0 Å². The molecule has 0 spiro atoms. The molecule has 1 heterocycles. The summed E-state index contributed by atoms with van der Waals surface area (Å²) in [4.78, 5) is 12.1. The molecule has 0 aromatic heterocycles. The van der Waals surface area contributed by atoms with E-state index in [2.05, 4.69) is 21.2 Å². The largest absolute Gasteiger partial charge is 0.348 e. The van der Waals surface area contributed by atoms with Crippen molar-refractivity contribution in [2.75, 3.05) is 16.6 Å². The van der Waals surface area contributed by atoms with Crippen molar-refractivity contribution in [1.82, 2.24) is 5.32 Å². The molecule has 0 saturated carbocycles. The van der Waals surface area contributed by atoms with Gasteiger partial charge in [0.2, 0.25) is 10.0 Å². The van der Waals surface area contributed by atoms with Crippen molar-refractivity contribution >= 4 is 37.5 Å². The van der Waals surface area contributed by atoms with Gasteiger partial charge in [-0.1, -0.05) is 12.1 Å². The van der Waals surface area contributed by atoms with E-state index in [1.807, 2.05) is 0 Å². The van der Waals surface area contributed by atoms with Gasteiger partial charge in [0.25, 0.3) is 5.91 Å². The number of halogens is 3. The van der Waals surface area contributed by atoms with Crippen LogP contribution in [0.15, 0.2) is 40.9 Å². The molecular weight excluding hydrogens is 430 g/mol. The number of rotatable bonds is 4. The summed E-state index contributed by atoms with van der Waals surface area (Å²) in [6.07, 6.45) is 0.560. The van der Waals surface area contributed by atoms with E-state index in [0.29, 0.717) is 24.2 Å². The first-order chi connectivity index (χ1) is 12.3. The van der Waals surface area contributed by atoms with E-state index in [-0.39, 0.29) is 16.8 Å². The molecule has 9 heteroatoms. The maximum Gasteiger partial charge on any atom is 0.257 e. The van der Waals surface area contributed by atoms with Crippen molar-refractivity contribution in [3.63, 3.8) is 0 Å². The maximum atomic E-state index is 14.0. The minimum absolute atomic E-state index is 0.00591. The van der Waals surface area contributed by atoms with Crippen LogP contribution in [-0.2, 0) is 16.6 Å². The van der Waals surface area contributed by atoms with Crippen LogP contribution in [0.5, 0.6) is 0 Å². The van der Waals surface area contributed by atoms with E-state index in [1.54, 1.807) is 24.3 Å². The Morgan fingerprint density at radius 2 is 2.00 bits per heavy atom. The lowest BCUT2D eigenvalue weighted by Crippen LogP contribution is -2.26. The Balaban J connectivity index is 1.76. The zero-order valence-corrected chi connectivity index (χ0v) is 15.9. The number of nitrogens with one attached hydrogen (secondary N) is 1. The minimum Gasteiger partial charge on any atom is -0.348 e. The van der Waals surface area contributed by atoms with E-state index in [1.165, 1.54) is 10.4 Å². The van der Waals surface area contributed by atoms with Gasteiger partial charge in [0.15, 0.2) is 5.82 Å². The van der Waals surface area contributed by atoms with E-state index >= 15 is 0 Å². The molecule has 138 valence electrons. The number of amides is 1. The smallest absolute Gasteiger partial charge is 0.257 e. The van der Waals surface area contributed by atoms with Crippen molar-refractivity contribution in [2.45, 2.75) is 13.0 Å². The lowest BCUT2D eigenvalue weighted by atomic mass is 10.1. The van der Waals surface area contributed by atoms with Crippen LogP contribution in [0, 0.1) is 11.6 Å². The van der Waals surface area contributed by atoms with Crippen molar-refractivity contribution in [3.05, 3.63) is 63.6 Å². The summed E-state index contributed by atoms with van der Waals surface area (Å²) in [6, 6.07) is 8.85. The van der Waals surface area contributed by atoms with Crippen LogP contribution in [0.4, 0.5) is 14.5 Å². The average Bonchev–Trinajstić information content (AvgIpc) is 2.96. The molecule has 0 atom stereocenters. The molecule has 0 unspecified atom stereocenters. The van der Waals surface area contributed by atoms with E-state index in [0.717, 1.165) is 6.07 Å². The molecule has 1 N–H and O–H groups in total. The Labute approximate surface area is 158 Å². The summed E-state index contributed by atoms with van der Waals surface area (Å²) in [7, 11) is -3.31. The molecule has 5 nitrogen and oxygen atoms in total. The van der Waals surface area contributed by atoms with E-state index in [9.17, 15) is 22.0 Å². The topological polar surface area (TPSA) is 66.5 Å². The normalized spacial score (nSPS) is 15.9. The maximum absolute atomic E-state index is 14.0. The van der Waals surface area contributed by atoms with Gasteiger partial charge in [-0.05, 0) is 52.2 Å². The standard InChI is InChI=1S/C17H15BrF2N2O3S/c18-13-5-6-14(19)15(16(13)20)17(23)21-10-11-3-1-4-12(9-11)22-7-2-8-26(22,24)25/h1,3-6,9H,2,7-8,10H2,(H,21,23). The van der Waals surface area contributed by atoms with Crippen LogP contribution in [0.2, 0.25) is 0 Å². The van der Waals surface area contributed by atoms with E-state index in [4.69, 9.17) is 0 Å². The van der Waals surface area contributed by atoms with Gasteiger partial charge < -0.3 is 5.32 Å². The Hall–Kier alpha value is -2.00. The number of hydrogen-bond acceptors (Lipinski definition) is 3. The zero-order valence-electron chi connectivity index (χ0n) is 13.5. The van der Waals surface area contributed by atoms with Gasteiger partial charge in [-0.15, -0.1) is 0 Å². The number of carbonyl (C=O) groups is 1. The monoisotopic (exact) mass is 444 g/mol. The van der Waals surface area contributed by atoms with Crippen LogP contribution in [0.1, 0.15) is 22.3 Å². The first-order valence-corrected chi connectivity index (χ1v) is 10.2. The van der Waals surface area contributed by atoms with E-state index < -0.39 is 33.1 Å². The van der Waals surface area contributed by atoms with Crippen LogP contribution < -0.4 is 9.62 Å². The predicted octanol–water partition coefficient (Wildman–Crippen LogP) is 3.20. The molecule has 2 aromatic carbocycles. The molecule has 0 radical (unpaired) electrons. The fourth-order valence-electron chi connectivity index (χ4n) is 2.76. The minimum atomic E-state index is -3.31. The summed E-state index contributed by atoms with van der Waals surface area (Å²) < 4.78 is 53.1. The summed E-state index contributed by atoms with van der Waals surface area (Å²) in [6.45, 7) is 0.415. The van der Waals surface area contributed by atoms with Crippen molar-refractivity contribution in [2.24, 2.45) is 0 Å². The van der Waals surface area contributed by atoms with Gasteiger partial charge >= 0.3 is 0 Å². The number of anilines is 1. The lowest BCUT2D eigenvalue weighted by Gasteiger charge is -2.17. The second kappa shape index (κ2) is 7.32. The number of benzene rings is 2. The first-order valence-electron chi connectivity index (χ1n) is 7.80. The van der Waals surface area contributed by atoms with Crippen molar-refractivity contribution in [3.8, 4) is 0 Å². The predicted molar refractivity (Wildman–Crippen MR) is 97.4 cm³/mol. The molecule has 1 amide bonds. The summed E-state index contributed by atoms with van der Waals surface area (Å²) in [5, 5.41) is 2.45. The molecular formula is C17H15BrF2N2O3S. The van der Waals surface area contributed by atoms with Gasteiger partial charge in [-0.2, -0.15) is 0 Å². The van der Waals surface area contributed by atoms with Crippen LogP contribution in [0.25, 0.3) is 0 Å². The Bertz CT molecular complexity index is 966. The molecule has 1 saturated heterocycles. The fraction of sp³-hybridized carbons (Fsp3) is 0.235. The Morgan fingerprint density at radius 3 is 2.69 bits per heavy atom. The second-order valence-corrected chi connectivity index (χ2v) is 8.68. The molecule has 3 rings (SSSR count). The van der Waals surface area contributed by atoms with Gasteiger partial charge in [0, 0.05) is 13.1 Å². The van der Waals surface area contributed by atoms with Crippen LogP contribution in [0.3, 0.4) is 0 Å². The summed E-state index contributed by atoms with van der Waals surface area (Å²) in [5.41, 5.74) is 0.459. The highest BCUT2D eigenvalue weighted by Gasteiger charge is 2.28. The highest BCUT2D eigenvalue weighted by Crippen LogP contribution is 2.25. The zero-order chi connectivity index (χ0) is 18.9.